The van der Waals surface area contributed by atoms with Crippen molar-refractivity contribution >= 4 is 17.4 Å². The molecular formula is C22H29N5O3. The summed E-state index contributed by atoms with van der Waals surface area (Å²) in [7, 11) is 3.46. The van der Waals surface area contributed by atoms with Crippen LogP contribution >= 0.6 is 0 Å². The van der Waals surface area contributed by atoms with E-state index in [-0.39, 0.29) is 6.03 Å². The highest BCUT2D eigenvalue weighted by atomic mass is 16.5. The van der Waals surface area contributed by atoms with Crippen molar-refractivity contribution in [2.24, 2.45) is 12.0 Å². The molecule has 160 valence electrons. The Hall–Kier alpha value is -3.13. The largest absolute Gasteiger partial charge is 0.497 e. The molecule has 1 aromatic heterocycles. The maximum Gasteiger partial charge on any atom is 0.322 e. The van der Waals surface area contributed by atoms with Crippen LogP contribution in [-0.4, -0.2) is 57.5 Å². The average molecular weight is 412 g/mol. The Balaban J connectivity index is 1.74. The summed E-state index contributed by atoms with van der Waals surface area (Å²) in [4.78, 5) is 19.0. The van der Waals surface area contributed by atoms with Gasteiger partial charge in [-0.1, -0.05) is 6.08 Å². The molecule has 1 fully saturated rings. The molecule has 2 N–H and O–H groups in total. The molecule has 3 heterocycles. The van der Waals surface area contributed by atoms with Crippen molar-refractivity contribution in [2.75, 3.05) is 20.2 Å². The molecule has 1 aromatic rings. The van der Waals surface area contributed by atoms with Crippen LogP contribution in [0.3, 0.4) is 0 Å². The van der Waals surface area contributed by atoms with E-state index in [0.29, 0.717) is 50.4 Å². The number of methoxy groups -OCH3 is 1. The average Bonchev–Trinajstić information content (AvgIpc) is 3.18. The third-order valence-corrected chi connectivity index (χ3v) is 5.31. The molecule has 0 saturated carbocycles. The van der Waals surface area contributed by atoms with Crippen LogP contribution in [0.5, 0.6) is 0 Å². The lowest BCUT2D eigenvalue weighted by molar-refractivity contribution is -0.00894. The van der Waals surface area contributed by atoms with Crippen molar-refractivity contribution in [2.45, 2.75) is 31.3 Å². The number of amides is 2. The molecule has 30 heavy (non-hydrogen) atoms. The van der Waals surface area contributed by atoms with Gasteiger partial charge >= 0.3 is 6.03 Å². The Bertz CT molecular complexity index is 902. The standard InChI is InChI=1S/C22H29N5O3/c1-4-9-22(29)10-12-27(13-11-22)21(28)25-20-8-7-19(30-3)6-5-17(14-23-20)18-15-24-26(2)16-18/h4-7,14-16,29H,1,8-13H2,2-3H3,(H,23,25,28)/b6-5-,17-14-,19-7-. The zero-order chi connectivity index (χ0) is 21.6. The minimum absolute atomic E-state index is 0.217. The minimum Gasteiger partial charge on any atom is -0.497 e. The number of rotatable bonds is 4. The van der Waals surface area contributed by atoms with E-state index in [9.17, 15) is 9.90 Å². The lowest BCUT2D eigenvalue weighted by Crippen LogP contribution is -2.50. The van der Waals surface area contributed by atoms with Gasteiger partial charge in [-0.3, -0.25) is 10.00 Å². The number of hydrogen-bond acceptors (Lipinski definition) is 5. The molecular weight excluding hydrogens is 382 g/mol. The monoisotopic (exact) mass is 411 g/mol. The molecule has 8 heteroatoms. The van der Waals surface area contributed by atoms with Crippen LogP contribution < -0.4 is 5.32 Å². The fraction of sp³-hybridized carbons (Fsp3) is 0.409. The summed E-state index contributed by atoms with van der Waals surface area (Å²) < 4.78 is 7.12. The number of amidine groups is 1. The first-order valence-corrected chi connectivity index (χ1v) is 10.00. The minimum atomic E-state index is -0.767. The van der Waals surface area contributed by atoms with E-state index < -0.39 is 5.60 Å². The van der Waals surface area contributed by atoms with E-state index in [1.54, 1.807) is 35.2 Å². The molecule has 0 spiro atoms. The highest BCUT2D eigenvalue weighted by Gasteiger charge is 2.32. The van der Waals surface area contributed by atoms with Crippen LogP contribution in [0.4, 0.5) is 4.79 Å². The zero-order valence-electron chi connectivity index (χ0n) is 17.5. The lowest BCUT2D eigenvalue weighted by atomic mass is 9.88. The van der Waals surface area contributed by atoms with E-state index in [0.717, 1.165) is 11.1 Å². The normalized spacial score (nSPS) is 23.4. The van der Waals surface area contributed by atoms with Crippen molar-refractivity contribution in [3.05, 3.63) is 60.8 Å². The summed E-state index contributed by atoms with van der Waals surface area (Å²) in [5.74, 6) is 1.20. The molecule has 2 aliphatic rings. The Morgan fingerprint density at radius 2 is 2.17 bits per heavy atom. The van der Waals surface area contributed by atoms with E-state index >= 15 is 0 Å². The number of aromatic nitrogens is 2. The lowest BCUT2D eigenvalue weighted by Gasteiger charge is -2.37. The second kappa shape index (κ2) is 9.58. The molecule has 2 amide bonds. The second-order valence-electron chi connectivity index (χ2n) is 7.55. The Kier molecular flexibility index (Phi) is 6.89. The number of aliphatic imine (C=N–C) groups is 1. The van der Waals surface area contributed by atoms with Gasteiger partial charge in [0.1, 0.15) is 11.6 Å². The highest BCUT2D eigenvalue weighted by molar-refractivity contribution is 5.99. The number of nitrogens with zero attached hydrogens (tertiary/aromatic N) is 4. The molecule has 0 bridgehead atoms. The van der Waals surface area contributed by atoms with Gasteiger partial charge in [-0.05, 0) is 37.5 Å². The summed E-state index contributed by atoms with van der Waals surface area (Å²) in [6.45, 7) is 4.67. The maximum absolute atomic E-state index is 12.8. The first-order valence-electron chi connectivity index (χ1n) is 10.00. The molecule has 0 unspecified atom stereocenters. The van der Waals surface area contributed by atoms with Gasteiger partial charge in [0.2, 0.25) is 0 Å². The highest BCUT2D eigenvalue weighted by Crippen LogP contribution is 2.26. The number of hydrogen-bond donors (Lipinski definition) is 2. The number of allylic oxidation sites excluding steroid dienone is 3. The number of carbonyl (C=O) groups is 1. The number of nitrogens with one attached hydrogen (secondary N) is 1. The van der Waals surface area contributed by atoms with E-state index in [4.69, 9.17) is 4.74 Å². The number of urea groups is 1. The van der Waals surface area contributed by atoms with Gasteiger partial charge in [0.25, 0.3) is 0 Å². The summed E-state index contributed by atoms with van der Waals surface area (Å²) in [5.41, 5.74) is 1.00. The van der Waals surface area contributed by atoms with Crippen molar-refractivity contribution in [1.29, 1.82) is 0 Å². The molecule has 0 radical (unpaired) electrons. The van der Waals surface area contributed by atoms with Crippen LogP contribution in [0.25, 0.3) is 5.57 Å². The van der Waals surface area contributed by atoms with E-state index in [1.165, 1.54) is 0 Å². The first kappa shape index (κ1) is 21.6. The SMILES string of the molecule is C=CCC1(O)CCN(C(=O)NC2=N/C=C(c3cnn(C)c3)/C=C\C(OC)=C\C2)CC1. The fourth-order valence-corrected chi connectivity index (χ4v) is 3.46. The van der Waals surface area contributed by atoms with Gasteiger partial charge in [-0.25, -0.2) is 9.79 Å². The van der Waals surface area contributed by atoms with Gasteiger partial charge in [0, 0.05) is 50.1 Å². The molecule has 8 nitrogen and oxygen atoms in total. The van der Waals surface area contributed by atoms with Crippen LogP contribution in [0.1, 0.15) is 31.2 Å². The van der Waals surface area contributed by atoms with E-state index in [2.05, 4.69) is 22.0 Å². The Morgan fingerprint density at radius 1 is 1.40 bits per heavy atom. The first-order chi connectivity index (χ1) is 14.4. The van der Waals surface area contributed by atoms with Crippen molar-refractivity contribution in [3.8, 4) is 0 Å². The number of piperidine rings is 1. The van der Waals surface area contributed by atoms with Gasteiger partial charge in [0.15, 0.2) is 0 Å². The predicted octanol–water partition coefficient (Wildman–Crippen LogP) is 2.76. The Labute approximate surface area is 176 Å². The number of aryl methyl sites for hydroxylation is 1. The van der Waals surface area contributed by atoms with Gasteiger partial charge in [-0.2, -0.15) is 5.10 Å². The quantitative estimate of drug-likeness (QED) is 0.746. The number of carbonyl (C=O) groups excluding carboxylic acids is 1. The smallest absolute Gasteiger partial charge is 0.322 e. The predicted molar refractivity (Wildman–Crippen MR) is 117 cm³/mol. The number of aliphatic hydroxyl groups is 1. The molecule has 0 atom stereocenters. The van der Waals surface area contributed by atoms with Crippen LogP contribution in [0.2, 0.25) is 0 Å². The summed E-state index contributed by atoms with van der Waals surface area (Å²) in [6, 6.07) is -0.217. The van der Waals surface area contributed by atoms with Crippen molar-refractivity contribution in [3.63, 3.8) is 0 Å². The van der Waals surface area contributed by atoms with Gasteiger partial charge in [0.05, 0.1) is 18.9 Å². The van der Waals surface area contributed by atoms with Crippen LogP contribution in [-0.2, 0) is 11.8 Å². The van der Waals surface area contributed by atoms with Crippen molar-refractivity contribution in [1.82, 2.24) is 20.0 Å². The summed E-state index contributed by atoms with van der Waals surface area (Å²) >= 11 is 0. The molecule has 0 aliphatic carbocycles. The fourth-order valence-electron chi connectivity index (χ4n) is 3.46. The molecule has 1 saturated heterocycles. The van der Waals surface area contributed by atoms with Gasteiger partial charge in [-0.15, -0.1) is 6.58 Å². The zero-order valence-corrected chi connectivity index (χ0v) is 17.5. The van der Waals surface area contributed by atoms with Crippen LogP contribution in [0, 0.1) is 0 Å². The topological polar surface area (TPSA) is 92.0 Å². The number of likely N-dealkylation sites (tertiary alicyclic amines) is 1. The maximum atomic E-state index is 12.8. The molecule has 2 aliphatic heterocycles. The third kappa shape index (κ3) is 5.48. The summed E-state index contributed by atoms with van der Waals surface area (Å²) in [6.07, 6.45) is 14.8. The molecule has 0 aromatic carbocycles. The van der Waals surface area contributed by atoms with Gasteiger partial charge < -0.3 is 14.7 Å². The Morgan fingerprint density at radius 3 is 2.80 bits per heavy atom. The summed E-state index contributed by atoms with van der Waals surface area (Å²) in [5, 5.41) is 17.6. The third-order valence-electron chi connectivity index (χ3n) is 5.31. The van der Waals surface area contributed by atoms with Crippen LogP contribution in [0.15, 0.2) is 60.2 Å². The van der Waals surface area contributed by atoms with Crippen molar-refractivity contribution < 1.29 is 14.6 Å². The number of ether oxygens (including phenoxy) is 1. The van der Waals surface area contributed by atoms with E-state index in [1.807, 2.05) is 31.5 Å². The second-order valence-corrected chi connectivity index (χ2v) is 7.55. The molecule has 3 rings (SSSR count).